The monoisotopic (exact) mass is 1580 g/mol. The van der Waals surface area contributed by atoms with Crippen LogP contribution < -0.4 is 48.5 Å². The highest BCUT2D eigenvalue weighted by Gasteiger charge is 2.17. The molecule has 0 fully saturated rings. The summed E-state index contributed by atoms with van der Waals surface area (Å²) in [6, 6.07) is 14.5. The highest BCUT2D eigenvalue weighted by molar-refractivity contribution is 6.33. The summed E-state index contributed by atoms with van der Waals surface area (Å²) in [5, 5.41) is 12.4. The van der Waals surface area contributed by atoms with Crippen molar-refractivity contribution in [1.82, 2.24) is 59.0 Å². The number of nitrogens with one attached hydrogen (secondary N) is 4. The van der Waals surface area contributed by atoms with Gasteiger partial charge in [0.25, 0.3) is 22.2 Å². The van der Waals surface area contributed by atoms with Crippen molar-refractivity contribution in [2.24, 2.45) is 0 Å². The van der Waals surface area contributed by atoms with Gasteiger partial charge in [0.2, 0.25) is 27.1 Å². The third-order valence-corrected chi connectivity index (χ3v) is 14.7. The summed E-state index contributed by atoms with van der Waals surface area (Å²) in [6.45, 7) is 4.00. The van der Waals surface area contributed by atoms with Gasteiger partial charge in [0, 0.05) is 100 Å². The summed E-state index contributed by atoms with van der Waals surface area (Å²) < 4.78 is 112. The van der Waals surface area contributed by atoms with Crippen LogP contribution in [0.1, 0.15) is 55.6 Å². The first kappa shape index (κ1) is 86.4. The molecule has 4 aromatic carbocycles. The maximum Gasteiger partial charge on any atom is 0.325 e. The molecule has 6 aromatic heterocycles. The second kappa shape index (κ2) is 43.8. The molecule has 6 heterocycles. The minimum Gasteiger partial charge on any atom is -0.497 e. The number of hydrogen-bond donors (Lipinski definition) is 6. The third kappa shape index (κ3) is 28.3. The summed E-state index contributed by atoms with van der Waals surface area (Å²) >= 11 is 38.9. The second-order valence-corrected chi connectivity index (χ2v) is 22.7. The van der Waals surface area contributed by atoms with Crippen LogP contribution in [0.5, 0.6) is 11.5 Å². The van der Waals surface area contributed by atoms with Gasteiger partial charge in [-0.25, -0.2) is 56.1 Å². The number of hydrogen-bond acceptors (Lipinski definition) is 21. The number of alkyl halides is 1. The van der Waals surface area contributed by atoms with Gasteiger partial charge in [-0.1, -0.05) is 35.3 Å². The lowest BCUT2D eigenvalue weighted by Crippen LogP contribution is -2.24. The molecule has 552 valence electrons. The fourth-order valence-electron chi connectivity index (χ4n) is 7.70. The number of halogens is 13. The van der Waals surface area contributed by atoms with E-state index >= 15 is 0 Å². The van der Waals surface area contributed by atoms with E-state index in [-0.39, 0.29) is 100.0 Å². The smallest absolute Gasteiger partial charge is 0.325 e. The van der Waals surface area contributed by atoms with Crippen LogP contribution in [-0.4, -0.2) is 107 Å². The zero-order valence-electron chi connectivity index (χ0n) is 55.3. The number of nitrogens with zero attached hydrogens (tertiary/aromatic N) is 9. The van der Waals surface area contributed by atoms with E-state index in [1.807, 2.05) is 43.1 Å². The molecule has 7 N–H and O–H groups in total. The van der Waals surface area contributed by atoms with Gasteiger partial charge in [-0.05, 0) is 119 Å². The summed E-state index contributed by atoms with van der Waals surface area (Å²) in [5.74, 6) is -6.43. The van der Waals surface area contributed by atoms with Gasteiger partial charge < -0.3 is 58.7 Å². The Morgan fingerprint density at radius 3 is 1.45 bits per heavy atom. The number of aromatic nitrogens is 12. The van der Waals surface area contributed by atoms with Crippen LogP contribution in [0.3, 0.4) is 0 Å². The maximum atomic E-state index is 13.7. The van der Waals surface area contributed by atoms with Crippen molar-refractivity contribution in [3.8, 4) is 11.5 Å². The first-order chi connectivity index (χ1) is 48.9. The van der Waals surface area contributed by atoms with Gasteiger partial charge >= 0.3 is 5.69 Å². The standard InChI is InChI=1S/C21H20F3N3O3.C13H10ClF3N2O2.C8H11NO.C6H6Cl2N2O.C6H7ClN2O2.C5H3Cl3N2.C5H6N2O3/c1-12-4-5-15(30-3)8-18(12)25-21-26-20(28)14(11-29-2)10-27(21)9-13-6-16(22)19(24)17(23)7-13;1-21-6-8-5-19(13(14)18-12(8)20)4-7-2-9(15)11(17)10(16)3-7;1-6-3-4-7(10-2)5-8(6)9;1-11-3-4-2-9-6(8)10-5(4)7;1-11-3-4-2-8-6(7)9-5(4)10;6-1-3-2-9-5(8)10-4(3)7;8-2-3-1-6-5(10)7-4(3)9/h4-8,10H,9,11H2,1-3H3,(H,25,26,28);2-3,5H,4,6H2,1H3;3-5H,9H2,1-2H3;2H,3H2,1H3;2H,3H2,1H3,(H,8,9,10);2H,1H2;1,8H,2H2,(H2,6,7,9,10). The fourth-order valence-corrected chi connectivity index (χ4v) is 9.02. The van der Waals surface area contributed by atoms with Crippen molar-refractivity contribution in [3.05, 3.63) is 272 Å². The van der Waals surface area contributed by atoms with Gasteiger partial charge in [-0.3, -0.25) is 29.1 Å². The van der Waals surface area contributed by atoms with Crippen molar-refractivity contribution < 1.29 is 59.9 Å². The van der Waals surface area contributed by atoms with Crippen LogP contribution in [0.2, 0.25) is 31.4 Å². The first-order valence-corrected chi connectivity index (χ1v) is 31.7. The van der Waals surface area contributed by atoms with E-state index in [4.69, 9.17) is 120 Å². The molecule has 39 heteroatoms. The summed E-state index contributed by atoms with van der Waals surface area (Å²) in [7, 11) is 9.08. The molecule has 0 radical (unpaired) electrons. The van der Waals surface area contributed by atoms with Crippen LogP contribution in [0.15, 0.2) is 122 Å². The Labute approximate surface area is 616 Å². The molecule has 10 aromatic rings. The maximum absolute atomic E-state index is 13.7. The molecule has 0 aliphatic heterocycles. The van der Waals surface area contributed by atoms with Crippen molar-refractivity contribution >= 4 is 98.5 Å². The molecule has 26 nitrogen and oxygen atoms in total. The molecule has 103 heavy (non-hydrogen) atoms. The number of aliphatic hydroxyl groups is 1. The number of anilines is 3. The van der Waals surface area contributed by atoms with Crippen molar-refractivity contribution in [1.29, 1.82) is 0 Å². The van der Waals surface area contributed by atoms with E-state index in [2.05, 4.69) is 50.2 Å². The molecule has 0 saturated carbocycles. The lowest BCUT2D eigenvalue weighted by atomic mass is 10.2. The van der Waals surface area contributed by atoms with Crippen LogP contribution in [-0.2, 0) is 71.0 Å². The molecule has 0 bridgehead atoms. The van der Waals surface area contributed by atoms with Gasteiger partial charge in [0.15, 0.2) is 34.9 Å². The van der Waals surface area contributed by atoms with E-state index in [9.17, 15) is 50.3 Å². The van der Waals surface area contributed by atoms with E-state index in [1.54, 1.807) is 32.5 Å². The average Bonchev–Trinajstić information content (AvgIpc) is 0.806. The Morgan fingerprint density at radius 1 is 0.534 bits per heavy atom. The second-order valence-electron chi connectivity index (χ2n) is 20.3. The highest BCUT2D eigenvalue weighted by atomic mass is 35.5. The number of aliphatic hydroxyl groups excluding tert-OH is 1. The molecule has 0 unspecified atom stereocenters. The van der Waals surface area contributed by atoms with Crippen molar-refractivity contribution in [3.63, 3.8) is 0 Å². The van der Waals surface area contributed by atoms with Crippen LogP contribution >= 0.6 is 81.2 Å². The number of aromatic amines is 3. The Bertz CT molecular complexity index is 4730. The summed E-state index contributed by atoms with van der Waals surface area (Å²) in [5.41, 5.74) is 9.38. The van der Waals surface area contributed by atoms with Crippen LogP contribution in [0, 0.1) is 48.8 Å². The predicted molar refractivity (Wildman–Crippen MR) is 376 cm³/mol. The molecular weight excluding hydrogens is 1520 g/mol. The number of nitrogen functional groups attached to an aromatic ring is 1. The number of nitrogens with two attached hydrogens (primary N) is 1. The summed E-state index contributed by atoms with van der Waals surface area (Å²) in [6.07, 6.45) is 8.48. The zero-order valence-corrected chi connectivity index (χ0v) is 60.6. The van der Waals surface area contributed by atoms with E-state index < -0.39 is 57.3 Å². The molecule has 0 aliphatic rings. The number of aryl methyl sites for hydroxylation is 2. The number of benzene rings is 4. The lowest BCUT2D eigenvalue weighted by molar-refractivity contribution is 0.183. The molecule has 0 atom stereocenters. The van der Waals surface area contributed by atoms with E-state index in [1.165, 1.54) is 68.6 Å². The molecule has 0 amide bonds. The number of ether oxygens (including phenoxy) is 6. The van der Waals surface area contributed by atoms with Crippen LogP contribution in [0.25, 0.3) is 0 Å². The Hall–Kier alpha value is -9.03. The number of H-pyrrole nitrogens is 3. The number of methoxy groups -OCH3 is 6. The average molecular weight is 1580 g/mol. The normalized spacial score (nSPS) is 10.3. The Balaban J connectivity index is 0.000000269. The van der Waals surface area contributed by atoms with Gasteiger partial charge in [0.05, 0.1) is 88.5 Å². The molecule has 0 spiro atoms. The van der Waals surface area contributed by atoms with E-state index in [0.717, 1.165) is 52.4 Å². The minimum atomic E-state index is -1.54. The molecular formula is C64H63Cl7F6N14O12. The van der Waals surface area contributed by atoms with Gasteiger partial charge in [-0.2, -0.15) is 9.97 Å². The van der Waals surface area contributed by atoms with Gasteiger partial charge in [0.1, 0.15) is 21.8 Å². The topological polar surface area (TPSA) is 346 Å². The van der Waals surface area contributed by atoms with E-state index in [0.29, 0.717) is 45.4 Å². The Kier molecular flexibility index (Phi) is 36.7. The number of rotatable bonds is 18. The van der Waals surface area contributed by atoms with Gasteiger partial charge in [-0.15, -0.1) is 11.6 Å². The molecule has 0 aliphatic carbocycles. The lowest BCUT2D eigenvalue weighted by Gasteiger charge is -2.17. The predicted octanol–water partition coefficient (Wildman–Crippen LogP) is 11.6. The van der Waals surface area contributed by atoms with Crippen molar-refractivity contribution in [2.45, 2.75) is 65.9 Å². The quantitative estimate of drug-likeness (QED) is 0.0116. The molecule has 0 saturated heterocycles. The fraction of sp³-hybridized carbons (Fsp3) is 0.250. The van der Waals surface area contributed by atoms with Crippen LogP contribution in [0.4, 0.5) is 43.7 Å². The van der Waals surface area contributed by atoms with Crippen molar-refractivity contribution in [2.75, 3.05) is 53.7 Å². The Morgan fingerprint density at radius 2 is 0.981 bits per heavy atom. The summed E-state index contributed by atoms with van der Waals surface area (Å²) in [4.78, 5) is 88.6. The highest BCUT2D eigenvalue weighted by Crippen LogP contribution is 2.26. The zero-order chi connectivity index (χ0) is 76.6. The molecule has 10 rings (SSSR count). The SMILES string of the molecule is COCc1cn(Cc2cc(F)c(F)c(F)c2)c(Cl)nc1=O.COCc1cn(Cc2cc(F)c(F)c(F)c2)c(Nc2cc(OC)ccc2C)nc1=O.COCc1cnc(Cl)[nH]c1=O.COCc1cnc(Cl)nc1Cl.COc1ccc(C)c(N)c1.ClCc1cnc(Cl)nc1Cl.O=c1[nH]cc(CO)c(=O)[nH]1. The third-order valence-electron chi connectivity index (χ3n) is 12.9. The largest absolute Gasteiger partial charge is 0.497 e. The minimum absolute atomic E-state index is 0.0104. The first-order valence-electron chi connectivity index (χ1n) is 28.9.